The quantitative estimate of drug-likeness (QED) is 0.352. The number of carbonyl (C=O) groups excluding carboxylic acids is 2. The Morgan fingerprint density at radius 2 is 2.27 bits per heavy atom. The van der Waals surface area contributed by atoms with Crippen LogP contribution in [0, 0.1) is 12.3 Å². The summed E-state index contributed by atoms with van der Waals surface area (Å²) in [5.74, 6) is 1.29. The zero-order valence-electron chi connectivity index (χ0n) is 8.66. The minimum atomic E-state index is -0.733. The molecule has 0 saturated heterocycles. The lowest BCUT2D eigenvalue weighted by molar-refractivity contribution is -0.145. The van der Waals surface area contributed by atoms with Crippen LogP contribution in [-0.4, -0.2) is 36.7 Å². The first-order valence-electron chi connectivity index (χ1n) is 4.57. The van der Waals surface area contributed by atoms with Gasteiger partial charge in [0.15, 0.2) is 0 Å². The zero-order chi connectivity index (χ0) is 11.7. The highest BCUT2D eigenvalue weighted by Gasteiger charge is 2.20. The van der Waals surface area contributed by atoms with Crippen molar-refractivity contribution in [3.63, 3.8) is 0 Å². The van der Waals surface area contributed by atoms with Gasteiger partial charge in [0.2, 0.25) is 5.91 Å². The van der Waals surface area contributed by atoms with Crippen LogP contribution in [0.1, 0.15) is 19.3 Å². The second-order valence-corrected chi connectivity index (χ2v) is 2.90. The number of nitrogens with one attached hydrogen (secondary N) is 1. The maximum Gasteiger partial charge on any atom is 0.328 e. The molecule has 1 amide bonds. The molecule has 15 heavy (non-hydrogen) atoms. The number of carbonyl (C=O) groups is 2. The number of unbranched alkanes of at least 4 members (excludes halogenated alkanes) is 1. The van der Waals surface area contributed by atoms with E-state index in [1.807, 2.05) is 0 Å². The molecule has 0 aromatic carbocycles. The molecule has 0 radical (unpaired) electrons. The first-order chi connectivity index (χ1) is 7.15. The summed E-state index contributed by atoms with van der Waals surface area (Å²) in [5, 5.41) is 10.9. The van der Waals surface area contributed by atoms with E-state index in [4.69, 9.17) is 11.5 Å². The molecule has 0 aromatic rings. The molecule has 0 aromatic heterocycles. The Hall–Kier alpha value is -1.54. The van der Waals surface area contributed by atoms with Crippen molar-refractivity contribution >= 4 is 11.9 Å². The van der Waals surface area contributed by atoms with Gasteiger partial charge in [-0.05, 0) is 12.8 Å². The molecule has 5 nitrogen and oxygen atoms in total. The first-order valence-corrected chi connectivity index (χ1v) is 4.57. The average molecular weight is 213 g/mol. The largest absolute Gasteiger partial charge is 0.467 e. The smallest absolute Gasteiger partial charge is 0.328 e. The third-order valence-corrected chi connectivity index (χ3v) is 1.78. The van der Waals surface area contributed by atoms with Crippen LogP contribution in [0.25, 0.3) is 0 Å². The van der Waals surface area contributed by atoms with Crippen LogP contribution in [0.15, 0.2) is 0 Å². The molecule has 0 aliphatic carbocycles. The van der Waals surface area contributed by atoms with Gasteiger partial charge >= 0.3 is 5.97 Å². The Bertz CT molecular complexity index is 257. The Morgan fingerprint density at radius 3 is 2.73 bits per heavy atom. The van der Waals surface area contributed by atoms with Crippen molar-refractivity contribution in [3.05, 3.63) is 0 Å². The summed E-state index contributed by atoms with van der Waals surface area (Å²) in [6, 6.07) is -0.733. The number of rotatable bonds is 6. The Labute approximate surface area is 88.8 Å². The zero-order valence-corrected chi connectivity index (χ0v) is 8.66. The molecule has 0 aliphatic rings. The highest BCUT2D eigenvalue weighted by atomic mass is 16.5. The molecule has 0 heterocycles. The molecular formula is C10H15NO4. The van der Waals surface area contributed by atoms with Crippen LogP contribution < -0.4 is 5.32 Å². The van der Waals surface area contributed by atoms with Gasteiger partial charge in [-0.15, -0.1) is 12.3 Å². The molecule has 0 saturated carbocycles. The Balaban J connectivity index is 4.13. The highest BCUT2D eigenvalue weighted by Crippen LogP contribution is 2.02. The lowest BCUT2D eigenvalue weighted by Crippen LogP contribution is -2.42. The summed E-state index contributed by atoms with van der Waals surface area (Å²) in [5.41, 5.74) is 0. The maximum atomic E-state index is 11.2. The van der Waals surface area contributed by atoms with Crippen LogP contribution >= 0.6 is 0 Å². The van der Waals surface area contributed by atoms with Crippen molar-refractivity contribution in [2.24, 2.45) is 0 Å². The summed E-state index contributed by atoms with van der Waals surface area (Å²) in [4.78, 5) is 22.1. The number of aliphatic hydroxyl groups excluding tert-OH is 1. The molecule has 0 unspecified atom stereocenters. The second kappa shape index (κ2) is 7.83. The molecule has 84 valence electrons. The molecule has 2 N–H and O–H groups in total. The molecular weight excluding hydrogens is 198 g/mol. The fourth-order valence-corrected chi connectivity index (χ4v) is 1.04. The molecule has 1 atom stereocenters. The van der Waals surface area contributed by atoms with E-state index in [-0.39, 0.29) is 0 Å². The summed E-state index contributed by atoms with van der Waals surface area (Å²) in [6.07, 6.45) is 6.61. The van der Waals surface area contributed by atoms with Crippen LogP contribution in [0.3, 0.4) is 0 Å². The first kappa shape index (κ1) is 13.5. The minimum absolute atomic E-state index is 0.405. The van der Waals surface area contributed by atoms with Crippen molar-refractivity contribution in [3.8, 4) is 12.3 Å². The SMILES string of the molecule is C#CCCC[C@H](NC(=O)CO)C(=O)OC. The Morgan fingerprint density at radius 1 is 1.60 bits per heavy atom. The van der Waals surface area contributed by atoms with Crippen molar-refractivity contribution in [2.75, 3.05) is 13.7 Å². The topological polar surface area (TPSA) is 75.6 Å². The fraction of sp³-hybridized carbons (Fsp3) is 0.600. The van der Waals surface area contributed by atoms with Gasteiger partial charge in [0, 0.05) is 6.42 Å². The van der Waals surface area contributed by atoms with Gasteiger partial charge in [-0.2, -0.15) is 0 Å². The normalized spacial score (nSPS) is 11.3. The van der Waals surface area contributed by atoms with E-state index in [9.17, 15) is 9.59 Å². The van der Waals surface area contributed by atoms with Crippen molar-refractivity contribution < 1.29 is 19.4 Å². The van der Waals surface area contributed by atoms with E-state index in [0.29, 0.717) is 19.3 Å². The maximum absolute atomic E-state index is 11.2. The predicted octanol–water partition coefficient (Wildman–Crippen LogP) is -0.560. The second-order valence-electron chi connectivity index (χ2n) is 2.90. The van der Waals surface area contributed by atoms with Crippen LogP contribution in [0.5, 0.6) is 0 Å². The van der Waals surface area contributed by atoms with E-state index in [1.165, 1.54) is 7.11 Å². The number of ether oxygens (including phenoxy) is 1. The number of methoxy groups -OCH3 is 1. The predicted molar refractivity (Wildman–Crippen MR) is 53.7 cm³/mol. The van der Waals surface area contributed by atoms with Crippen LogP contribution in [0.4, 0.5) is 0 Å². The summed E-state index contributed by atoms with van der Waals surface area (Å²) < 4.78 is 4.50. The summed E-state index contributed by atoms with van der Waals surface area (Å²) in [6.45, 7) is -0.650. The molecule has 0 aliphatic heterocycles. The van der Waals surface area contributed by atoms with Crippen LogP contribution in [0.2, 0.25) is 0 Å². The van der Waals surface area contributed by atoms with Crippen molar-refractivity contribution in [1.82, 2.24) is 5.32 Å². The van der Waals surface area contributed by atoms with Gasteiger partial charge in [-0.25, -0.2) is 4.79 Å². The highest BCUT2D eigenvalue weighted by molar-refractivity contribution is 5.84. The third kappa shape index (κ3) is 5.70. The molecule has 0 spiro atoms. The molecule has 0 rings (SSSR count). The van der Waals surface area contributed by atoms with Crippen molar-refractivity contribution in [1.29, 1.82) is 0 Å². The van der Waals surface area contributed by atoms with Crippen LogP contribution in [-0.2, 0) is 14.3 Å². The standard InChI is InChI=1S/C10H15NO4/c1-3-4-5-6-8(10(14)15-2)11-9(13)7-12/h1,8,12H,4-7H2,2H3,(H,11,13)/t8-/m0/s1. The van der Waals surface area contributed by atoms with Gasteiger partial charge < -0.3 is 15.2 Å². The van der Waals surface area contributed by atoms with Gasteiger partial charge in [0.1, 0.15) is 12.6 Å². The molecule has 0 bridgehead atoms. The summed E-state index contributed by atoms with van der Waals surface area (Å²) in [7, 11) is 1.24. The number of hydrogen-bond donors (Lipinski definition) is 2. The number of amides is 1. The monoisotopic (exact) mass is 213 g/mol. The lowest BCUT2D eigenvalue weighted by atomic mass is 10.1. The lowest BCUT2D eigenvalue weighted by Gasteiger charge is -2.14. The van der Waals surface area contributed by atoms with Gasteiger partial charge in [0.05, 0.1) is 7.11 Å². The van der Waals surface area contributed by atoms with Crippen molar-refractivity contribution in [2.45, 2.75) is 25.3 Å². The third-order valence-electron chi connectivity index (χ3n) is 1.78. The number of esters is 1. The molecule has 5 heteroatoms. The number of hydrogen-bond acceptors (Lipinski definition) is 4. The van der Waals surface area contributed by atoms with Gasteiger partial charge in [-0.1, -0.05) is 0 Å². The fourth-order valence-electron chi connectivity index (χ4n) is 1.04. The van der Waals surface area contributed by atoms with E-state index < -0.39 is 24.5 Å². The Kier molecular flexibility index (Phi) is 7.02. The number of terminal acetylenes is 1. The van der Waals surface area contributed by atoms with Gasteiger partial charge in [0.25, 0.3) is 0 Å². The van der Waals surface area contributed by atoms with E-state index in [2.05, 4.69) is 16.0 Å². The van der Waals surface area contributed by atoms with E-state index in [1.54, 1.807) is 0 Å². The van der Waals surface area contributed by atoms with E-state index >= 15 is 0 Å². The summed E-state index contributed by atoms with van der Waals surface area (Å²) >= 11 is 0. The van der Waals surface area contributed by atoms with E-state index in [0.717, 1.165) is 0 Å². The average Bonchev–Trinajstić information content (AvgIpc) is 2.26. The molecule has 0 fully saturated rings. The minimum Gasteiger partial charge on any atom is -0.467 e. The van der Waals surface area contributed by atoms with Gasteiger partial charge in [-0.3, -0.25) is 4.79 Å². The number of aliphatic hydroxyl groups is 1.